The van der Waals surface area contributed by atoms with Gasteiger partial charge in [-0.25, -0.2) is 0 Å². The molecule has 1 heterocycles. The van der Waals surface area contributed by atoms with Gasteiger partial charge in [0.1, 0.15) is 5.75 Å². The van der Waals surface area contributed by atoms with Crippen LogP contribution in [-0.2, 0) is 0 Å². The number of hydrogen-bond acceptors (Lipinski definition) is 4. The molecule has 0 saturated carbocycles. The number of phenolic OH excluding ortho intramolecular Hbond substituents is 1. The molecule has 0 aliphatic carbocycles. The summed E-state index contributed by atoms with van der Waals surface area (Å²) in [7, 11) is 0. The third-order valence-electron chi connectivity index (χ3n) is 2.50. The second-order valence-electron chi connectivity index (χ2n) is 3.87. The average Bonchev–Trinajstić information content (AvgIpc) is 2.45. The Morgan fingerprint density at radius 3 is 2.25 bits per heavy atom. The summed E-state index contributed by atoms with van der Waals surface area (Å²) < 4.78 is 0.539. The number of pyridine rings is 1. The van der Waals surface area contributed by atoms with Crippen molar-refractivity contribution in [2.45, 2.75) is 0 Å². The van der Waals surface area contributed by atoms with Crippen LogP contribution in [0, 0.1) is 5.21 Å². The van der Waals surface area contributed by atoms with E-state index in [1.807, 2.05) is 0 Å². The fourth-order valence-corrected chi connectivity index (χ4v) is 1.48. The third-order valence-corrected chi connectivity index (χ3v) is 2.50. The van der Waals surface area contributed by atoms with Crippen LogP contribution in [-0.4, -0.2) is 16.9 Å². The van der Waals surface area contributed by atoms with Crippen LogP contribution in [0.4, 0.5) is 0 Å². The van der Waals surface area contributed by atoms with Crippen LogP contribution < -0.4 is 15.6 Å². The van der Waals surface area contributed by atoms with Crippen molar-refractivity contribution in [1.82, 2.24) is 10.9 Å². The van der Waals surface area contributed by atoms with Gasteiger partial charge in [-0.1, -0.05) is 12.1 Å². The molecule has 0 atom stereocenters. The summed E-state index contributed by atoms with van der Waals surface area (Å²) in [6, 6.07) is 8.57. The normalized spacial score (nSPS) is 9.80. The second kappa shape index (κ2) is 5.70. The number of hydrazine groups is 1. The molecule has 2 rings (SSSR count). The number of aromatic hydroxyl groups is 1. The number of hydrogen-bond donors (Lipinski definition) is 3. The molecule has 3 N–H and O–H groups in total. The highest BCUT2D eigenvalue weighted by Gasteiger charge is 2.12. The van der Waals surface area contributed by atoms with Crippen molar-refractivity contribution < 1.29 is 19.4 Å². The Morgan fingerprint density at radius 1 is 1.00 bits per heavy atom. The molecule has 0 radical (unpaired) electrons. The van der Waals surface area contributed by atoms with E-state index in [9.17, 15) is 19.9 Å². The van der Waals surface area contributed by atoms with Crippen LogP contribution in [0.15, 0.2) is 48.8 Å². The Kier molecular flexibility index (Phi) is 3.80. The van der Waals surface area contributed by atoms with Gasteiger partial charge in [0.05, 0.1) is 11.1 Å². The SMILES string of the molecule is O=C(NNC(=O)c1ccccc1O)c1cc[n+]([O-])cc1. The lowest BCUT2D eigenvalue weighted by Gasteiger charge is -2.08. The van der Waals surface area contributed by atoms with Crippen molar-refractivity contribution in [2.24, 2.45) is 0 Å². The first-order valence-corrected chi connectivity index (χ1v) is 5.65. The van der Waals surface area contributed by atoms with Crippen LogP contribution in [0.1, 0.15) is 20.7 Å². The fourth-order valence-electron chi connectivity index (χ4n) is 1.48. The first-order valence-electron chi connectivity index (χ1n) is 5.65. The molecule has 0 saturated heterocycles. The summed E-state index contributed by atoms with van der Waals surface area (Å²) in [5, 5.41) is 20.3. The highest BCUT2D eigenvalue weighted by atomic mass is 16.5. The van der Waals surface area contributed by atoms with Crippen LogP contribution >= 0.6 is 0 Å². The van der Waals surface area contributed by atoms with Gasteiger partial charge in [0.2, 0.25) is 0 Å². The molecule has 0 aliphatic heterocycles. The maximum absolute atomic E-state index is 11.7. The zero-order valence-electron chi connectivity index (χ0n) is 10.2. The Hall–Kier alpha value is -3.09. The maximum Gasteiger partial charge on any atom is 0.273 e. The molecule has 1 aromatic carbocycles. The quantitative estimate of drug-likeness (QED) is 0.410. The van der Waals surface area contributed by atoms with Crippen LogP contribution in [0.25, 0.3) is 0 Å². The van der Waals surface area contributed by atoms with E-state index in [-0.39, 0.29) is 16.9 Å². The second-order valence-corrected chi connectivity index (χ2v) is 3.87. The first kappa shape index (κ1) is 13.3. The number of para-hydroxylation sites is 1. The fraction of sp³-hybridized carbons (Fsp3) is 0. The van der Waals surface area contributed by atoms with Crippen LogP contribution in [0.2, 0.25) is 0 Å². The summed E-state index contributed by atoms with van der Waals surface area (Å²) in [5.41, 5.74) is 4.61. The van der Waals surface area contributed by atoms with Gasteiger partial charge in [-0.3, -0.25) is 20.4 Å². The Morgan fingerprint density at radius 2 is 1.60 bits per heavy atom. The molecule has 0 unspecified atom stereocenters. The van der Waals surface area contributed by atoms with E-state index >= 15 is 0 Å². The van der Waals surface area contributed by atoms with Gasteiger partial charge in [-0.15, -0.1) is 0 Å². The summed E-state index contributed by atoms with van der Waals surface area (Å²) in [6.45, 7) is 0. The van der Waals surface area contributed by atoms with E-state index in [2.05, 4.69) is 10.9 Å². The van der Waals surface area contributed by atoms with Crippen molar-refractivity contribution in [1.29, 1.82) is 0 Å². The number of benzene rings is 1. The molecule has 0 aliphatic rings. The zero-order chi connectivity index (χ0) is 14.5. The zero-order valence-corrected chi connectivity index (χ0v) is 10.2. The Bertz CT molecular complexity index is 640. The summed E-state index contributed by atoms with van der Waals surface area (Å²) in [4.78, 5) is 23.4. The van der Waals surface area contributed by atoms with Crippen molar-refractivity contribution in [3.8, 4) is 5.75 Å². The lowest BCUT2D eigenvalue weighted by Crippen LogP contribution is -2.41. The van der Waals surface area contributed by atoms with Crippen molar-refractivity contribution >= 4 is 11.8 Å². The number of carbonyl (C=O) groups excluding carboxylic acids is 2. The van der Waals surface area contributed by atoms with Gasteiger partial charge in [-0.05, 0) is 12.1 Å². The number of rotatable bonds is 2. The minimum Gasteiger partial charge on any atom is -0.619 e. The maximum atomic E-state index is 11.7. The van der Waals surface area contributed by atoms with Crippen molar-refractivity contribution in [3.63, 3.8) is 0 Å². The number of aromatic nitrogens is 1. The van der Waals surface area contributed by atoms with Gasteiger partial charge in [0.25, 0.3) is 11.8 Å². The van der Waals surface area contributed by atoms with Gasteiger partial charge < -0.3 is 10.3 Å². The van der Waals surface area contributed by atoms with Gasteiger partial charge in [-0.2, -0.15) is 4.73 Å². The van der Waals surface area contributed by atoms with E-state index in [1.54, 1.807) is 12.1 Å². The molecule has 102 valence electrons. The number of phenols is 1. The molecule has 2 aromatic rings. The van der Waals surface area contributed by atoms with Gasteiger partial charge in [0.15, 0.2) is 12.4 Å². The van der Waals surface area contributed by atoms with E-state index < -0.39 is 11.8 Å². The molecule has 0 spiro atoms. The number of nitrogens with zero attached hydrogens (tertiary/aromatic N) is 1. The minimum absolute atomic E-state index is 0.0401. The molecule has 0 fully saturated rings. The summed E-state index contributed by atoms with van der Waals surface area (Å²) in [5.74, 6) is -1.41. The number of nitrogens with one attached hydrogen (secondary N) is 2. The lowest BCUT2D eigenvalue weighted by atomic mass is 10.2. The smallest absolute Gasteiger partial charge is 0.273 e. The van der Waals surface area contributed by atoms with E-state index in [1.165, 1.54) is 36.7 Å². The Labute approximate surface area is 114 Å². The summed E-state index contributed by atoms with van der Waals surface area (Å²) in [6.07, 6.45) is 2.33. The van der Waals surface area contributed by atoms with E-state index in [4.69, 9.17) is 0 Å². The predicted octanol–water partition coefficient (Wildman–Crippen LogP) is 0.100. The van der Waals surface area contributed by atoms with E-state index in [0.29, 0.717) is 4.73 Å². The average molecular weight is 273 g/mol. The molecule has 2 amide bonds. The summed E-state index contributed by atoms with van der Waals surface area (Å²) >= 11 is 0. The van der Waals surface area contributed by atoms with E-state index in [0.717, 1.165) is 0 Å². The molecule has 7 heteroatoms. The predicted molar refractivity (Wildman–Crippen MR) is 68.4 cm³/mol. The minimum atomic E-state index is -0.647. The molecule has 0 bridgehead atoms. The van der Waals surface area contributed by atoms with Gasteiger partial charge in [0, 0.05) is 12.1 Å². The lowest BCUT2D eigenvalue weighted by molar-refractivity contribution is -0.605. The molecular weight excluding hydrogens is 262 g/mol. The van der Waals surface area contributed by atoms with Crippen molar-refractivity contribution in [2.75, 3.05) is 0 Å². The first-order chi connectivity index (χ1) is 9.58. The topological polar surface area (TPSA) is 105 Å². The van der Waals surface area contributed by atoms with Gasteiger partial charge >= 0.3 is 0 Å². The van der Waals surface area contributed by atoms with Crippen LogP contribution in [0.3, 0.4) is 0 Å². The van der Waals surface area contributed by atoms with Crippen LogP contribution in [0.5, 0.6) is 5.75 Å². The standard InChI is InChI=1S/C13H11N3O4/c17-11-4-2-1-3-10(11)13(19)15-14-12(18)9-5-7-16(20)8-6-9/h1-8,17H,(H,14,18)(H,15,19). The highest BCUT2D eigenvalue weighted by molar-refractivity contribution is 6.00. The Balaban J connectivity index is 1.99. The molecule has 20 heavy (non-hydrogen) atoms. The molecule has 1 aromatic heterocycles. The number of carbonyl (C=O) groups is 2. The largest absolute Gasteiger partial charge is 0.619 e. The molecule has 7 nitrogen and oxygen atoms in total. The monoisotopic (exact) mass is 273 g/mol. The third kappa shape index (κ3) is 3.02. The van der Waals surface area contributed by atoms with Crippen molar-refractivity contribution in [3.05, 3.63) is 65.1 Å². The number of amides is 2. The molecular formula is C13H11N3O4. The highest BCUT2D eigenvalue weighted by Crippen LogP contribution is 2.14.